The van der Waals surface area contributed by atoms with E-state index >= 15 is 0 Å². The fraction of sp³-hybridized carbons (Fsp3) is 0.143. The van der Waals surface area contributed by atoms with Crippen LogP contribution in [0.2, 0.25) is 0 Å². The number of benzene rings is 14. The lowest BCUT2D eigenvalue weighted by Crippen LogP contribution is -2.29. The Kier molecular flexibility index (Phi) is 13.7. The number of aryl methyl sites for hydroxylation is 4. The third-order valence-corrected chi connectivity index (χ3v) is 22.6. The molecular weight excluding hydrogens is 1250 g/mol. The summed E-state index contributed by atoms with van der Waals surface area (Å²) in [6.07, 6.45) is 0. The molecule has 2 aliphatic carbocycles. The van der Waals surface area contributed by atoms with E-state index in [0.29, 0.717) is 0 Å². The molecule has 19 rings (SSSR count). The minimum absolute atomic E-state index is 0.0203. The van der Waals surface area contributed by atoms with Crippen molar-refractivity contribution in [2.75, 3.05) is 9.80 Å². The summed E-state index contributed by atoms with van der Waals surface area (Å²) in [5, 5.41) is 5.95. The zero-order valence-electron chi connectivity index (χ0n) is 59.8. The highest BCUT2D eigenvalue weighted by Crippen LogP contribution is 2.60. The van der Waals surface area contributed by atoms with Crippen molar-refractivity contribution in [2.24, 2.45) is 0 Å². The molecule has 0 fully saturated rings. The first kappa shape index (κ1) is 62.1. The summed E-state index contributed by atoms with van der Waals surface area (Å²) in [5.41, 5.74) is 32.3. The third kappa shape index (κ3) is 9.58. The molecule has 0 saturated heterocycles. The molecule has 0 atom stereocenters. The number of hydrogen-bond acceptors (Lipinski definition) is 5. The molecule has 498 valence electrons. The highest BCUT2D eigenvalue weighted by atomic mass is 16.3. The van der Waals surface area contributed by atoms with E-state index in [-0.39, 0.29) is 10.8 Å². The van der Waals surface area contributed by atoms with E-state index in [2.05, 4.69) is 370 Å². The van der Waals surface area contributed by atoms with Crippen LogP contribution in [0.5, 0.6) is 0 Å². The van der Waals surface area contributed by atoms with Gasteiger partial charge in [0.1, 0.15) is 33.5 Å². The van der Waals surface area contributed by atoms with Crippen molar-refractivity contribution >= 4 is 99.9 Å². The SMILES string of the molecule is Cc1ccc(C2(c3ccc(C)cc3)c3ccccc3-c3ccc(N(c4ccc(C(C)(C)C)cc4)c4ccc5c(c4)oc4cc6c(cc45)oc4cc5c(cc46)oc4cc(N(c6ccc(C(C)(C)C)cc6)c6ccc7c(c6)C(c6ccc(C)cc6)(c6ccc(C)cc6)c6ccccc6-7)ccc45)cc32)cc1. The van der Waals surface area contributed by atoms with Gasteiger partial charge in [-0.25, -0.2) is 0 Å². The molecule has 0 amide bonds. The smallest absolute Gasteiger partial charge is 0.137 e. The van der Waals surface area contributed by atoms with Crippen LogP contribution in [-0.4, -0.2) is 0 Å². The minimum Gasteiger partial charge on any atom is -0.456 e. The summed E-state index contributed by atoms with van der Waals surface area (Å²) >= 11 is 0. The van der Waals surface area contributed by atoms with Crippen molar-refractivity contribution in [3.8, 4) is 22.3 Å². The van der Waals surface area contributed by atoms with E-state index < -0.39 is 10.8 Å². The number of hydrogen-bond donors (Lipinski definition) is 0. The molecule has 0 N–H and O–H groups in total. The van der Waals surface area contributed by atoms with Crippen LogP contribution in [0.3, 0.4) is 0 Å². The molecular formula is C98H78N2O3. The Balaban J connectivity index is 0.725. The molecule has 5 nitrogen and oxygen atoms in total. The lowest BCUT2D eigenvalue weighted by Gasteiger charge is -2.35. The van der Waals surface area contributed by atoms with Crippen molar-refractivity contribution in [1.29, 1.82) is 0 Å². The summed E-state index contributed by atoms with van der Waals surface area (Å²) in [5.74, 6) is 0. The van der Waals surface area contributed by atoms with Crippen molar-refractivity contribution in [2.45, 2.75) is 90.9 Å². The molecule has 3 heterocycles. The van der Waals surface area contributed by atoms with Gasteiger partial charge < -0.3 is 23.1 Å². The van der Waals surface area contributed by atoms with Gasteiger partial charge in [0.25, 0.3) is 0 Å². The molecule has 17 aromatic rings. The lowest BCUT2D eigenvalue weighted by atomic mass is 9.67. The Morgan fingerprint density at radius 2 is 0.495 bits per heavy atom. The lowest BCUT2D eigenvalue weighted by molar-refractivity contribution is 0.590. The Bertz CT molecular complexity index is 5790. The summed E-state index contributed by atoms with van der Waals surface area (Å²) in [7, 11) is 0. The Labute approximate surface area is 601 Å². The maximum Gasteiger partial charge on any atom is 0.137 e. The van der Waals surface area contributed by atoms with E-state index in [0.717, 1.165) is 99.9 Å². The molecule has 0 spiro atoms. The Morgan fingerprint density at radius 3 is 0.816 bits per heavy atom. The number of furan rings is 3. The van der Waals surface area contributed by atoms with Gasteiger partial charge in [0.2, 0.25) is 0 Å². The third-order valence-electron chi connectivity index (χ3n) is 22.6. The van der Waals surface area contributed by atoms with Crippen LogP contribution >= 0.6 is 0 Å². The van der Waals surface area contributed by atoms with Gasteiger partial charge in [0.05, 0.1) is 10.8 Å². The quantitative estimate of drug-likeness (QED) is 0.137. The largest absolute Gasteiger partial charge is 0.456 e. The second kappa shape index (κ2) is 22.8. The molecule has 0 aliphatic heterocycles. The van der Waals surface area contributed by atoms with Crippen molar-refractivity contribution in [1.82, 2.24) is 0 Å². The molecule has 0 unspecified atom stereocenters. The van der Waals surface area contributed by atoms with E-state index in [1.54, 1.807) is 0 Å². The van der Waals surface area contributed by atoms with Crippen molar-refractivity contribution in [3.05, 3.63) is 369 Å². The second-order valence-corrected chi connectivity index (χ2v) is 31.1. The first-order valence-electron chi connectivity index (χ1n) is 36.2. The van der Waals surface area contributed by atoms with E-state index in [4.69, 9.17) is 13.3 Å². The van der Waals surface area contributed by atoms with Crippen LogP contribution in [-0.2, 0) is 21.7 Å². The molecule has 2 aliphatic rings. The predicted octanol–water partition coefficient (Wildman–Crippen LogP) is 26.9. The number of anilines is 6. The maximum atomic E-state index is 7.07. The fourth-order valence-electron chi connectivity index (χ4n) is 17.3. The van der Waals surface area contributed by atoms with E-state index in [1.165, 1.54) is 100 Å². The van der Waals surface area contributed by atoms with E-state index in [1.807, 2.05) is 0 Å². The fourth-order valence-corrected chi connectivity index (χ4v) is 17.3. The van der Waals surface area contributed by atoms with Crippen molar-refractivity contribution < 1.29 is 13.3 Å². The maximum absolute atomic E-state index is 7.07. The average Bonchev–Trinajstić information content (AvgIpc) is 1.56. The minimum atomic E-state index is -0.574. The molecule has 103 heavy (non-hydrogen) atoms. The molecule has 0 saturated carbocycles. The van der Waals surface area contributed by atoms with Crippen LogP contribution in [0.4, 0.5) is 34.1 Å². The first-order valence-corrected chi connectivity index (χ1v) is 36.2. The van der Waals surface area contributed by atoms with Gasteiger partial charge in [0, 0.05) is 78.6 Å². The average molecular weight is 1330 g/mol. The van der Waals surface area contributed by atoms with Gasteiger partial charge in [0.15, 0.2) is 0 Å². The zero-order valence-corrected chi connectivity index (χ0v) is 59.8. The number of fused-ring (bicyclic) bond motifs is 15. The second-order valence-electron chi connectivity index (χ2n) is 31.1. The standard InChI is InChI=1S/C98H78N2O3/c1-59-19-27-65(28-20-59)97(66-29-21-60(2)22-30-66)85-17-13-11-15-75(85)77-47-43-71(51-87(77)97)99(69-39-35-63(36-40-69)95(5,6)7)73-45-49-79-81-55-93-83(57-91(81)101-89(79)53-73)84-58-92-82(56-94(84)103-93)80-50-46-74(54-90(80)102-92)100(70-41-37-64(38-42-70)96(8,9)10)72-44-48-78-76-16-12-14-18-86(76)98(88(78)52-72,67-31-23-61(3)24-32-67)68-33-25-62(4)26-34-68/h11-58H,1-10H3. The van der Waals surface area contributed by atoms with E-state index in [9.17, 15) is 0 Å². The monoisotopic (exact) mass is 1330 g/mol. The molecule has 14 aromatic carbocycles. The van der Waals surface area contributed by atoms with Gasteiger partial charge in [-0.1, -0.05) is 246 Å². The van der Waals surface area contributed by atoms with Crippen LogP contribution in [0.25, 0.3) is 88.1 Å². The number of nitrogens with zero attached hydrogens (tertiary/aromatic N) is 2. The van der Waals surface area contributed by atoms with Gasteiger partial charge >= 0.3 is 0 Å². The topological polar surface area (TPSA) is 45.9 Å². The Hall–Kier alpha value is -11.9. The van der Waals surface area contributed by atoms with Gasteiger partial charge in [-0.05, 0) is 213 Å². The molecule has 5 heteroatoms. The number of rotatable bonds is 10. The highest BCUT2D eigenvalue weighted by molar-refractivity contribution is 6.19. The first-order chi connectivity index (χ1) is 49.9. The summed E-state index contributed by atoms with van der Waals surface area (Å²) in [4.78, 5) is 4.80. The Morgan fingerprint density at radius 1 is 0.233 bits per heavy atom. The van der Waals surface area contributed by atoms with Crippen LogP contribution in [0, 0.1) is 27.7 Å². The molecule has 0 bridgehead atoms. The van der Waals surface area contributed by atoms with Gasteiger partial charge in [-0.2, -0.15) is 0 Å². The van der Waals surface area contributed by atoms with Gasteiger partial charge in [-0.15, -0.1) is 0 Å². The predicted molar refractivity (Wildman–Crippen MR) is 429 cm³/mol. The van der Waals surface area contributed by atoms with Gasteiger partial charge in [-0.3, -0.25) is 0 Å². The normalized spacial score (nSPS) is 13.7. The van der Waals surface area contributed by atoms with Crippen LogP contribution < -0.4 is 9.80 Å². The van der Waals surface area contributed by atoms with Crippen LogP contribution in [0.15, 0.2) is 304 Å². The molecule has 3 aromatic heterocycles. The van der Waals surface area contributed by atoms with Crippen LogP contribution in [0.1, 0.15) is 119 Å². The van der Waals surface area contributed by atoms with Crippen molar-refractivity contribution in [3.63, 3.8) is 0 Å². The highest BCUT2D eigenvalue weighted by Gasteiger charge is 2.48. The summed E-state index contributed by atoms with van der Waals surface area (Å²) in [6, 6.07) is 109. The molecule has 0 radical (unpaired) electrons. The summed E-state index contributed by atoms with van der Waals surface area (Å²) < 4.78 is 21.1. The summed E-state index contributed by atoms with van der Waals surface area (Å²) in [6.45, 7) is 22.3. The zero-order chi connectivity index (χ0) is 70.0.